The van der Waals surface area contributed by atoms with E-state index < -0.39 is 12.0 Å². The van der Waals surface area contributed by atoms with E-state index >= 15 is 0 Å². The lowest BCUT2D eigenvalue weighted by atomic mass is 9.77. The van der Waals surface area contributed by atoms with Crippen molar-refractivity contribution in [1.29, 1.82) is 0 Å². The lowest BCUT2D eigenvalue weighted by Gasteiger charge is -2.29. The van der Waals surface area contributed by atoms with Crippen molar-refractivity contribution in [3.63, 3.8) is 0 Å². The third kappa shape index (κ3) is 6.83. The molecule has 1 saturated carbocycles. The normalized spacial score (nSPS) is 21.8. The minimum atomic E-state index is -4.42. The molecule has 2 rings (SSSR count). The maximum atomic E-state index is 14.1. The molecule has 1 aliphatic rings. The van der Waals surface area contributed by atoms with Gasteiger partial charge in [0.05, 0.1) is 0 Å². The van der Waals surface area contributed by atoms with Crippen molar-refractivity contribution in [3.05, 3.63) is 41.2 Å². The molecular weight excluding hydrogens is 328 g/mol. The van der Waals surface area contributed by atoms with E-state index in [-0.39, 0.29) is 11.6 Å². The molecule has 0 radical (unpaired) electrons. The molecular formula is C21H28F4. The summed E-state index contributed by atoms with van der Waals surface area (Å²) in [6.07, 6.45) is 7.39. The molecule has 0 nitrogen and oxygen atoms in total. The number of alkyl halides is 3. The van der Waals surface area contributed by atoms with Crippen LogP contribution in [0.2, 0.25) is 0 Å². The fourth-order valence-corrected chi connectivity index (χ4v) is 3.76. The molecule has 0 heterocycles. The smallest absolute Gasteiger partial charge is 0.206 e. The summed E-state index contributed by atoms with van der Waals surface area (Å²) in [5.74, 6) is 0.550. The van der Waals surface area contributed by atoms with Gasteiger partial charge in [-0.2, -0.15) is 13.2 Å². The van der Waals surface area contributed by atoms with Crippen LogP contribution >= 0.6 is 0 Å². The first kappa shape index (κ1) is 20.0. The van der Waals surface area contributed by atoms with Crippen molar-refractivity contribution in [2.45, 2.75) is 76.8 Å². The number of hydrogen-bond donors (Lipinski definition) is 0. The second kappa shape index (κ2) is 9.40. The van der Waals surface area contributed by atoms with Gasteiger partial charge in [0.15, 0.2) is 0 Å². The SMILES string of the molecule is CCCCCCC1CCC(c2ccc(C=CC(F)(F)F)c(F)c2)CC1. The molecule has 1 aromatic rings. The van der Waals surface area contributed by atoms with Gasteiger partial charge in [-0.1, -0.05) is 51.2 Å². The third-order valence-electron chi connectivity index (χ3n) is 5.26. The van der Waals surface area contributed by atoms with Crippen LogP contribution in [0.4, 0.5) is 17.6 Å². The molecule has 0 bridgehead atoms. The van der Waals surface area contributed by atoms with Crippen molar-refractivity contribution in [2.24, 2.45) is 5.92 Å². The van der Waals surface area contributed by atoms with E-state index in [1.807, 2.05) is 0 Å². The molecule has 0 amide bonds. The van der Waals surface area contributed by atoms with Crippen molar-refractivity contribution < 1.29 is 17.6 Å². The average Bonchev–Trinajstić information content (AvgIpc) is 2.57. The Hall–Kier alpha value is -1.32. The Morgan fingerprint density at radius 3 is 2.36 bits per heavy atom. The van der Waals surface area contributed by atoms with Crippen LogP contribution < -0.4 is 0 Å². The summed E-state index contributed by atoms with van der Waals surface area (Å²) in [7, 11) is 0. The van der Waals surface area contributed by atoms with Gasteiger partial charge >= 0.3 is 6.18 Å². The van der Waals surface area contributed by atoms with E-state index in [0.717, 1.165) is 30.4 Å². The predicted octanol–water partition coefficient (Wildman–Crippen LogP) is 7.65. The quantitative estimate of drug-likeness (QED) is 0.348. The summed E-state index contributed by atoms with van der Waals surface area (Å²) in [6.45, 7) is 2.22. The molecule has 0 unspecified atom stereocenters. The zero-order chi connectivity index (χ0) is 18.3. The van der Waals surface area contributed by atoms with Gasteiger partial charge in [0.2, 0.25) is 0 Å². The molecule has 1 aromatic carbocycles. The van der Waals surface area contributed by atoms with Crippen molar-refractivity contribution in [3.8, 4) is 0 Å². The minimum absolute atomic E-state index is 0.00862. The van der Waals surface area contributed by atoms with Gasteiger partial charge in [0, 0.05) is 11.6 Å². The summed E-state index contributed by atoms with van der Waals surface area (Å²) in [5, 5.41) is 0. The number of benzene rings is 1. The Bertz CT molecular complexity index is 552. The van der Waals surface area contributed by atoms with E-state index in [1.165, 1.54) is 57.1 Å². The highest BCUT2D eigenvalue weighted by atomic mass is 19.4. The number of rotatable bonds is 7. The van der Waals surface area contributed by atoms with E-state index in [4.69, 9.17) is 0 Å². The van der Waals surface area contributed by atoms with Crippen LogP contribution in [0.5, 0.6) is 0 Å². The second-order valence-electron chi connectivity index (χ2n) is 7.22. The maximum Gasteiger partial charge on any atom is 0.409 e. The third-order valence-corrected chi connectivity index (χ3v) is 5.26. The zero-order valence-corrected chi connectivity index (χ0v) is 14.9. The van der Waals surface area contributed by atoms with Crippen LogP contribution in [0.25, 0.3) is 6.08 Å². The van der Waals surface area contributed by atoms with Gasteiger partial charge in [-0.3, -0.25) is 0 Å². The first-order chi connectivity index (χ1) is 11.9. The summed E-state index contributed by atoms with van der Waals surface area (Å²) in [6, 6.07) is 4.66. The van der Waals surface area contributed by atoms with E-state index in [2.05, 4.69) is 6.92 Å². The van der Waals surface area contributed by atoms with Gasteiger partial charge in [0.1, 0.15) is 5.82 Å². The number of hydrogen-bond acceptors (Lipinski definition) is 0. The fourth-order valence-electron chi connectivity index (χ4n) is 3.76. The monoisotopic (exact) mass is 356 g/mol. The van der Waals surface area contributed by atoms with Crippen LogP contribution in [0.15, 0.2) is 24.3 Å². The molecule has 0 aromatic heterocycles. The zero-order valence-electron chi connectivity index (χ0n) is 14.9. The van der Waals surface area contributed by atoms with Gasteiger partial charge in [0.25, 0.3) is 0 Å². The number of halogens is 4. The van der Waals surface area contributed by atoms with Crippen LogP contribution in [-0.2, 0) is 0 Å². The fraction of sp³-hybridized carbons (Fsp3) is 0.619. The Labute approximate surface area is 148 Å². The summed E-state index contributed by atoms with van der Waals surface area (Å²) in [4.78, 5) is 0. The van der Waals surface area contributed by atoms with Crippen LogP contribution in [0.1, 0.15) is 81.8 Å². The molecule has 0 spiro atoms. The Morgan fingerprint density at radius 2 is 1.76 bits per heavy atom. The standard InChI is InChI=1S/C21H28F4/c1-2-3-4-5-6-16-7-9-17(10-8-16)19-12-11-18(20(22)15-19)13-14-21(23,24)25/h11-17H,2-10H2,1H3. The average molecular weight is 356 g/mol. The second-order valence-corrected chi connectivity index (χ2v) is 7.22. The molecule has 0 saturated heterocycles. The highest BCUT2D eigenvalue weighted by Gasteiger charge is 2.24. The molecule has 4 heteroatoms. The Morgan fingerprint density at radius 1 is 1.04 bits per heavy atom. The highest BCUT2D eigenvalue weighted by Crippen LogP contribution is 2.38. The lowest BCUT2D eigenvalue weighted by Crippen LogP contribution is -2.13. The minimum Gasteiger partial charge on any atom is -0.206 e. The topological polar surface area (TPSA) is 0 Å². The van der Waals surface area contributed by atoms with Crippen LogP contribution in [0.3, 0.4) is 0 Å². The molecule has 1 fully saturated rings. The van der Waals surface area contributed by atoms with E-state index in [9.17, 15) is 17.6 Å². The number of unbranched alkanes of at least 4 members (excludes halogenated alkanes) is 3. The molecule has 0 aliphatic heterocycles. The molecule has 25 heavy (non-hydrogen) atoms. The molecule has 0 atom stereocenters. The lowest BCUT2D eigenvalue weighted by molar-refractivity contribution is -0.0790. The Balaban J connectivity index is 1.87. The highest BCUT2D eigenvalue weighted by molar-refractivity contribution is 5.51. The maximum absolute atomic E-state index is 14.1. The van der Waals surface area contributed by atoms with Gasteiger partial charge in [-0.05, 0) is 55.2 Å². The van der Waals surface area contributed by atoms with E-state index in [0.29, 0.717) is 5.92 Å². The van der Waals surface area contributed by atoms with Gasteiger partial charge < -0.3 is 0 Å². The Kier molecular flexibility index (Phi) is 7.52. The van der Waals surface area contributed by atoms with Crippen LogP contribution in [-0.4, -0.2) is 6.18 Å². The molecule has 140 valence electrons. The number of allylic oxidation sites excluding steroid dienone is 1. The summed E-state index contributed by atoms with van der Waals surface area (Å²) in [5.41, 5.74) is 0.914. The van der Waals surface area contributed by atoms with Gasteiger partial charge in [-0.25, -0.2) is 4.39 Å². The van der Waals surface area contributed by atoms with Gasteiger partial charge in [-0.15, -0.1) is 0 Å². The largest absolute Gasteiger partial charge is 0.409 e. The first-order valence-electron chi connectivity index (χ1n) is 9.44. The summed E-state index contributed by atoms with van der Waals surface area (Å²) < 4.78 is 50.7. The summed E-state index contributed by atoms with van der Waals surface area (Å²) >= 11 is 0. The van der Waals surface area contributed by atoms with E-state index in [1.54, 1.807) is 6.07 Å². The first-order valence-corrected chi connectivity index (χ1v) is 9.44. The molecule has 1 aliphatic carbocycles. The molecule has 0 N–H and O–H groups in total. The predicted molar refractivity (Wildman–Crippen MR) is 94.9 cm³/mol. The van der Waals surface area contributed by atoms with Crippen LogP contribution in [0, 0.1) is 11.7 Å². The van der Waals surface area contributed by atoms with Crippen molar-refractivity contribution >= 4 is 6.08 Å². The van der Waals surface area contributed by atoms with Crippen molar-refractivity contribution in [2.75, 3.05) is 0 Å². The van der Waals surface area contributed by atoms with Crippen molar-refractivity contribution in [1.82, 2.24) is 0 Å².